The molecular weight excluding hydrogens is 328 g/mol. The lowest BCUT2D eigenvalue weighted by molar-refractivity contribution is 0.0766. The highest BCUT2D eigenvalue weighted by Crippen LogP contribution is 2.35. The van der Waals surface area contributed by atoms with Crippen LogP contribution in [0.5, 0.6) is 0 Å². The van der Waals surface area contributed by atoms with E-state index < -0.39 is 0 Å². The molecule has 3 aromatic rings. The monoisotopic (exact) mass is 344 g/mol. The van der Waals surface area contributed by atoms with Crippen molar-refractivity contribution in [3.05, 3.63) is 53.7 Å². The number of aromatic nitrogens is 2. The summed E-state index contributed by atoms with van der Waals surface area (Å²) in [4.78, 5) is 14.5. The van der Waals surface area contributed by atoms with Crippen molar-refractivity contribution in [3.8, 4) is 17.2 Å². The van der Waals surface area contributed by atoms with Gasteiger partial charge in [0, 0.05) is 24.5 Å². The van der Waals surface area contributed by atoms with Gasteiger partial charge in [-0.05, 0) is 28.8 Å². The molecule has 2 aliphatic heterocycles. The molecule has 1 amide bonds. The zero-order valence-corrected chi connectivity index (χ0v) is 14.2. The second-order valence-electron chi connectivity index (χ2n) is 6.78. The van der Waals surface area contributed by atoms with E-state index in [9.17, 15) is 4.79 Å². The van der Waals surface area contributed by atoms with Crippen LogP contribution in [0, 0.1) is 11.3 Å². The molecule has 0 bridgehead atoms. The Morgan fingerprint density at radius 2 is 2.15 bits per heavy atom. The lowest BCUT2D eigenvalue weighted by atomic mass is 9.96. The number of hydrogen-bond acceptors (Lipinski definition) is 4. The fourth-order valence-electron chi connectivity index (χ4n) is 3.73. The van der Waals surface area contributed by atoms with E-state index in [-0.39, 0.29) is 18.1 Å². The van der Waals surface area contributed by atoms with Crippen LogP contribution < -0.4 is 0 Å². The van der Waals surface area contributed by atoms with Crippen LogP contribution in [0.1, 0.15) is 15.9 Å². The van der Waals surface area contributed by atoms with Gasteiger partial charge in [-0.2, -0.15) is 10.4 Å². The van der Waals surface area contributed by atoms with Crippen molar-refractivity contribution in [1.82, 2.24) is 14.7 Å². The Hall–Kier alpha value is -3.17. The number of ether oxygens (including phenoxy) is 1. The summed E-state index contributed by atoms with van der Waals surface area (Å²) in [5.74, 6) is 0.00986. The van der Waals surface area contributed by atoms with E-state index >= 15 is 0 Å². The number of nitriles is 1. The van der Waals surface area contributed by atoms with Crippen molar-refractivity contribution in [2.45, 2.75) is 18.8 Å². The molecule has 0 unspecified atom stereocenters. The van der Waals surface area contributed by atoms with Crippen LogP contribution in [-0.2, 0) is 18.3 Å². The SMILES string of the molecule is Cn1ncc2ccc(-c3cccc4c3CN(C[C@H]3O[C@@H]3C#N)C4=O)cc21. The second kappa shape index (κ2) is 5.41. The number of hydrogen-bond donors (Lipinski definition) is 0. The molecule has 1 aromatic heterocycles. The van der Waals surface area contributed by atoms with E-state index in [0.717, 1.165) is 33.2 Å². The van der Waals surface area contributed by atoms with Gasteiger partial charge in [-0.15, -0.1) is 0 Å². The maximum atomic E-state index is 12.7. The molecule has 0 aliphatic carbocycles. The van der Waals surface area contributed by atoms with Crippen LogP contribution in [0.15, 0.2) is 42.6 Å². The highest BCUT2D eigenvalue weighted by atomic mass is 16.6. The minimum Gasteiger partial charge on any atom is -0.352 e. The number of carbonyl (C=O) groups is 1. The van der Waals surface area contributed by atoms with Gasteiger partial charge < -0.3 is 9.64 Å². The number of epoxide rings is 1. The molecule has 3 heterocycles. The predicted octanol–water partition coefficient (Wildman–Crippen LogP) is 2.49. The van der Waals surface area contributed by atoms with Crippen LogP contribution in [-0.4, -0.2) is 39.3 Å². The van der Waals surface area contributed by atoms with E-state index in [1.807, 2.05) is 30.1 Å². The van der Waals surface area contributed by atoms with Crippen molar-refractivity contribution in [1.29, 1.82) is 5.26 Å². The maximum absolute atomic E-state index is 12.7. The van der Waals surface area contributed by atoms with Crippen molar-refractivity contribution in [3.63, 3.8) is 0 Å². The van der Waals surface area contributed by atoms with Crippen LogP contribution >= 0.6 is 0 Å². The van der Waals surface area contributed by atoms with Crippen LogP contribution in [0.25, 0.3) is 22.0 Å². The Morgan fingerprint density at radius 3 is 2.96 bits per heavy atom. The van der Waals surface area contributed by atoms with Crippen molar-refractivity contribution in [2.24, 2.45) is 7.05 Å². The summed E-state index contributed by atoms with van der Waals surface area (Å²) in [6, 6.07) is 14.2. The van der Waals surface area contributed by atoms with Crippen molar-refractivity contribution < 1.29 is 9.53 Å². The van der Waals surface area contributed by atoms with Crippen molar-refractivity contribution in [2.75, 3.05) is 6.54 Å². The minimum absolute atomic E-state index is 0.00986. The first kappa shape index (κ1) is 15.1. The van der Waals surface area contributed by atoms with Gasteiger partial charge in [-0.25, -0.2) is 0 Å². The molecular formula is C20H16N4O2. The largest absolute Gasteiger partial charge is 0.352 e. The molecule has 128 valence electrons. The van der Waals surface area contributed by atoms with E-state index in [0.29, 0.717) is 13.1 Å². The number of nitrogens with zero attached hydrogens (tertiary/aromatic N) is 4. The highest BCUT2D eigenvalue weighted by molar-refractivity contribution is 6.01. The number of benzene rings is 2. The van der Waals surface area contributed by atoms with E-state index in [1.165, 1.54) is 0 Å². The third kappa shape index (κ3) is 2.21. The van der Waals surface area contributed by atoms with Crippen molar-refractivity contribution >= 4 is 16.8 Å². The number of rotatable bonds is 3. The third-order valence-corrected chi connectivity index (χ3v) is 5.21. The standard InChI is InChI=1S/C20H16N4O2/c1-23-17-7-12(5-6-13(17)9-22-23)14-3-2-4-15-16(14)10-24(20(15)25)11-19-18(8-21)26-19/h2-7,9,18-19H,10-11H2,1H3/t18-,19-/m1/s1. The quantitative estimate of drug-likeness (QED) is 0.684. The van der Waals surface area contributed by atoms with Gasteiger partial charge in [0.2, 0.25) is 0 Å². The lowest BCUT2D eigenvalue weighted by Gasteiger charge is -2.14. The smallest absolute Gasteiger partial charge is 0.254 e. The molecule has 0 N–H and O–H groups in total. The average Bonchev–Trinajstić information content (AvgIpc) is 3.21. The first-order valence-corrected chi connectivity index (χ1v) is 8.54. The maximum Gasteiger partial charge on any atom is 0.254 e. The average molecular weight is 344 g/mol. The summed E-state index contributed by atoms with van der Waals surface area (Å²) in [5.41, 5.74) is 4.97. The molecule has 6 nitrogen and oxygen atoms in total. The number of fused-ring (bicyclic) bond motifs is 2. The predicted molar refractivity (Wildman–Crippen MR) is 95.2 cm³/mol. The molecule has 6 heteroatoms. The molecule has 0 saturated carbocycles. The molecule has 2 aromatic carbocycles. The molecule has 26 heavy (non-hydrogen) atoms. The number of amides is 1. The highest BCUT2D eigenvalue weighted by Gasteiger charge is 2.43. The molecule has 1 saturated heterocycles. The Balaban J connectivity index is 1.52. The van der Waals surface area contributed by atoms with Gasteiger partial charge in [0.1, 0.15) is 6.10 Å². The third-order valence-electron chi connectivity index (χ3n) is 5.21. The summed E-state index contributed by atoms with van der Waals surface area (Å²) < 4.78 is 7.13. The van der Waals surface area contributed by atoms with Gasteiger partial charge in [0.05, 0.1) is 24.3 Å². The van der Waals surface area contributed by atoms with E-state index in [4.69, 9.17) is 10.00 Å². The van der Waals surface area contributed by atoms with Gasteiger partial charge in [-0.3, -0.25) is 9.48 Å². The Labute approximate surface area is 150 Å². The first-order valence-electron chi connectivity index (χ1n) is 8.54. The van der Waals surface area contributed by atoms with Gasteiger partial charge in [0.25, 0.3) is 5.91 Å². The molecule has 2 aliphatic rings. The summed E-state index contributed by atoms with van der Waals surface area (Å²) in [6.07, 6.45) is 1.31. The van der Waals surface area contributed by atoms with Crippen LogP contribution in [0.4, 0.5) is 0 Å². The zero-order valence-electron chi connectivity index (χ0n) is 14.2. The molecule has 5 rings (SSSR count). The second-order valence-corrected chi connectivity index (χ2v) is 6.78. The van der Waals surface area contributed by atoms with Crippen LogP contribution in [0.2, 0.25) is 0 Å². The summed E-state index contributed by atoms with van der Waals surface area (Å²) >= 11 is 0. The minimum atomic E-state index is -0.377. The fraction of sp³-hybridized carbons (Fsp3) is 0.250. The summed E-state index contributed by atoms with van der Waals surface area (Å²) in [7, 11) is 1.92. The number of carbonyl (C=O) groups excluding carboxylic acids is 1. The summed E-state index contributed by atoms with van der Waals surface area (Å²) in [6.45, 7) is 1.01. The van der Waals surface area contributed by atoms with Gasteiger partial charge >= 0.3 is 0 Å². The fourth-order valence-corrected chi connectivity index (χ4v) is 3.73. The normalized spacial score (nSPS) is 21.1. The molecule has 0 radical (unpaired) electrons. The Morgan fingerprint density at radius 1 is 1.31 bits per heavy atom. The Kier molecular flexibility index (Phi) is 3.15. The molecule has 0 spiro atoms. The number of aryl methyl sites for hydroxylation is 1. The van der Waals surface area contributed by atoms with Gasteiger partial charge in [-0.1, -0.05) is 24.3 Å². The topological polar surface area (TPSA) is 74.5 Å². The first-order chi connectivity index (χ1) is 12.7. The van der Waals surface area contributed by atoms with E-state index in [1.54, 1.807) is 4.90 Å². The molecule has 1 fully saturated rings. The van der Waals surface area contributed by atoms with Crippen LogP contribution in [0.3, 0.4) is 0 Å². The lowest BCUT2D eigenvalue weighted by Crippen LogP contribution is -2.28. The zero-order chi connectivity index (χ0) is 17.8. The van der Waals surface area contributed by atoms with Gasteiger partial charge in [0.15, 0.2) is 6.10 Å². The summed E-state index contributed by atoms with van der Waals surface area (Å²) in [5, 5.41) is 14.3. The Bertz CT molecular complexity index is 1090. The van der Waals surface area contributed by atoms with E-state index in [2.05, 4.69) is 35.4 Å². The molecule has 2 atom stereocenters.